The molecule has 3 nitrogen and oxygen atoms in total. The van der Waals surface area contributed by atoms with Crippen LogP contribution in [0.5, 0.6) is 0 Å². The molecule has 2 rings (SSSR count). The maximum absolute atomic E-state index is 10.1. The van der Waals surface area contributed by atoms with Crippen LogP contribution in [0.15, 0.2) is 42.5 Å². The Morgan fingerprint density at radius 1 is 1.00 bits per heavy atom. The van der Waals surface area contributed by atoms with Gasteiger partial charge in [-0.05, 0) is 41.8 Å². The summed E-state index contributed by atoms with van der Waals surface area (Å²) in [6.07, 6.45) is 1.25. The van der Waals surface area contributed by atoms with Crippen LogP contribution >= 0.6 is 0 Å². The first kappa shape index (κ1) is 14.0. The zero-order valence-electron chi connectivity index (χ0n) is 11.0. The molecule has 0 saturated heterocycles. The first-order valence-electron chi connectivity index (χ1n) is 6.79. The molecule has 2 aromatic rings. The van der Waals surface area contributed by atoms with Crippen molar-refractivity contribution in [2.24, 2.45) is 0 Å². The molecule has 0 radical (unpaired) electrons. The lowest BCUT2D eigenvalue weighted by Gasteiger charge is -2.13. The normalized spacial score (nSPS) is 12.7. The number of nitrogens with one attached hydrogen (secondary N) is 1. The molecule has 0 spiro atoms. The predicted molar refractivity (Wildman–Crippen MR) is 78.1 cm³/mol. The molecule has 102 valence electrons. The van der Waals surface area contributed by atoms with Crippen LogP contribution in [0, 0.1) is 0 Å². The summed E-state index contributed by atoms with van der Waals surface area (Å²) in [4.78, 5) is 0. The molecule has 0 aliphatic carbocycles. The van der Waals surface area contributed by atoms with Gasteiger partial charge in [-0.1, -0.05) is 36.4 Å². The van der Waals surface area contributed by atoms with Gasteiger partial charge in [-0.2, -0.15) is 0 Å². The maximum atomic E-state index is 10.1. The molecular formula is C16H21NO2. The van der Waals surface area contributed by atoms with E-state index in [1.807, 2.05) is 30.3 Å². The second-order valence-electron chi connectivity index (χ2n) is 4.76. The Morgan fingerprint density at radius 3 is 2.58 bits per heavy atom. The topological polar surface area (TPSA) is 52.5 Å². The van der Waals surface area contributed by atoms with E-state index in [1.54, 1.807) is 0 Å². The van der Waals surface area contributed by atoms with Gasteiger partial charge in [0.1, 0.15) is 0 Å². The zero-order chi connectivity index (χ0) is 13.5. The van der Waals surface area contributed by atoms with Crippen molar-refractivity contribution in [1.82, 2.24) is 5.32 Å². The summed E-state index contributed by atoms with van der Waals surface area (Å²) in [5, 5.41) is 24.3. The number of benzene rings is 2. The quantitative estimate of drug-likeness (QED) is 0.668. The fraction of sp³-hybridized carbons (Fsp3) is 0.375. The van der Waals surface area contributed by atoms with Crippen molar-refractivity contribution < 1.29 is 10.2 Å². The summed E-state index contributed by atoms with van der Waals surface area (Å²) in [7, 11) is 0. The van der Waals surface area contributed by atoms with Gasteiger partial charge in [0, 0.05) is 13.2 Å². The summed E-state index contributed by atoms with van der Waals surface area (Å²) >= 11 is 0. The lowest BCUT2D eigenvalue weighted by molar-refractivity contribution is 0.174. The molecule has 0 amide bonds. The van der Waals surface area contributed by atoms with E-state index in [4.69, 9.17) is 5.11 Å². The zero-order valence-corrected chi connectivity index (χ0v) is 11.0. The predicted octanol–water partition coefficient (Wildman–Crippen LogP) is 2.24. The molecular weight excluding hydrogens is 238 g/mol. The number of hydrogen-bond donors (Lipinski definition) is 3. The van der Waals surface area contributed by atoms with Crippen LogP contribution < -0.4 is 5.32 Å². The molecule has 3 N–H and O–H groups in total. The van der Waals surface area contributed by atoms with Crippen LogP contribution in [0.1, 0.15) is 24.5 Å². The molecule has 0 bridgehead atoms. The van der Waals surface area contributed by atoms with Crippen LogP contribution in [0.2, 0.25) is 0 Å². The van der Waals surface area contributed by atoms with Gasteiger partial charge in [0.25, 0.3) is 0 Å². The Kier molecular flexibility index (Phi) is 5.33. The van der Waals surface area contributed by atoms with Crippen LogP contribution in [-0.4, -0.2) is 29.9 Å². The van der Waals surface area contributed by atoms with Gasteiger partial charge < -0.3 is 15.5 Å². The summed E-state index contributed by atoms with van der Waals surface area (Å²) in [6, 6.07) is 14.2. The van der Waals surface area contributed by atoms with Crippen molar-refractivity contribution >= 4 is 10.8 Å². The first-order valence-corrected chi connectivity index (χ1v) is 6.79. The molecule has 0 heterocycles. The van der Waals surface area contributed by atoms with Crippen molar-refractivity contribution in [2.45, 2.75) is 18.9 Å². The van der Waals surface area contributed by atoms with Crippen molar-refractivity contribution in [3.05, 3.63) is 48.0 Å². The van der Waals surface area contributed by atoms with E-state index >= 15 is 0 Å². The highest BCUT2D eigenvalue weighted by atomic mass is 16.3. The van der Waals surface area contributed by atoms with Gasteiger partial charge in [-0.3, -0.25) is 0 Å². The summed E-state index contributed by atoms with van der Waals surface area (Å²) in [6.45, 7) is 1.60. The Hall–Kier alpha value is -1.42. The number of unbranched alkanes of at least 4 members (excludes halogenated alkanes) is 1. The molecule has 0 aromatic heterocycles. The fourth-order valence-electron chi connectivity index (χ4n) is 2.13. The number of aliphatic hydroxyl groups is 2. The highest BCUT2D eigenvalue weighted by Crippen LogP contribution is 2.19. The fourth-order valence-corrected chi connectivity index (χ4v) is 2.13. The van der Waals surface area contributed by atoms with Crippen molar-refractivity contribution in [3.63, 3.8) is 0 Å². The summed E-state index contributed by atoms with van der Waals surface area (Å²) in [5.41, 5.74) is 0.938. The molecule has 19 heavy (non-hydrogen) atoms. The molecule has 0 fully saturated rings. The van der Waals surface area contributed by atoms with E-state index in [-0.39, 0.29) is 6.61 Å². The highest BCUT2D eigenvalue weighted by molar-refractivity contribution is 5.83. The van der Waals surface area contributed by atoms with Gasteiger partial charge >= 0.3 is 0 Å². The second kappa shape index (κ2) is 7.24. The standard InChI is InChI=1S/C16H21NO2/c18-10-4-3-9-17-12-16(19)15-8-7-13-5-1-2-6-14(13)11-15/h1-2,5-8,11,16-19H,3-4,9-10,12H2. The molecule has 2 aromatic carbocycles. The average molecular weight is 259 g/mol. The lowest BCUT2D eigenvalue weighted by atomic mass is 10.0. The molecule has 0 aliphatic rings. The molecule has 0 saturated carbocycles. The van der Waals surface area contributed by atoms with Crippen LogP contribution in [-0.2, 0) is 0 Å². The van der Waals surface area contributed by atoms with Gasteiger partial charge in [0.05, 0.1) is 6.10 Å². The van der Waals surface area contributed by atoms with Gasteiger partial charge in [-0.15, -0.1) is 0 Å². The van der Waals surface area contributed by atoms with E-state index < -0.39 is 6.10 Å². The van der Waals surface area contributed by atoms with Crippen LogP contribution in [0.4, 0.5) is 0 Å². The Morgan fingerprint density at radius 2 is 1.79 bits per heavy atom. The Labute approximate surface area is 113 Å². The Bertz CT molecular complexity index is 513. The van der Waals surface area contributed by atoms with Crippen molar-refractivity contribution in [3.8, 4) is 0 Å². The number of rotatable bonds is 7. The maximum Gasteiger partial charge on any atom is 0.0914 e. The molecule has 0 aliphatic heterocycles. The highest BCUT2D eigenvalue weighted by Gasteiger charge is 2.07. The van der Waals surface area contributed by atoms with Crippen LogP contribution in [0.3, 0.4) is 0 Å². The third kappa shape index (κ3) is 4.03. The van der Waals surface area contributed by atoms with E-state index in [0.29, 0.717) is 6.54 Å². The number of fused-ring (bicyclic) bond motifs is 1. The first-order chi connectivity index (χ1) is 9.31. The minimum atomic E-state index is -0.487. The van der Waals surface area contributed by atoms with E-state index in [9.17, 15) is 5.11 Å². The SMILES string of the molecule is OCCCCNCC(O)c1ccc2ccccc2c1. The third-order valence-electron chi connectivity index (χ3n) is 3.26. The Balaban J connectivity index is 1.91. The summed E-state index contributed by atoms with van der Waals surface area (Å²) in [5.74, 6) is 0. The third-order valence-corrected chi connectivity index (χ3v) is 3.26. The van der Waals surface area contributed by atoms with E-state index in [0.717, 1.165) is 30.3 Å². The van der Waals surface area contributed by atoms with Crippen molar-refractivity contribution in [2.75, 3.05) is 19.7 Å². The van der Waals surface area contributed by atoms with Gasteiger partial charge in [0.2, 0.25) is 0 Å². The molecule has 1 unspecified atom stereocenters. The average Bonchev–Trinajstić information content (AvgIpc) is 2.46. The number of aliphatic hydroxyl groups excluding tert-OH is 2. The van der Waals surface area contributed by atoms with Crippen molar-refractivity contribution in [1.29, 1.82) is 0 Å². The molecule has 1 atom stereocenters. The minimum absolute atomic E-state index is 0.231. The molecule has 3 heteroatoms. The second-order valence-corrected chi connectivity index (χ2v) is 4.76. The van der Waals surface area contributed by atoms with E-state index in [1.165, 1.54) is 5.39 Å². The minimum Gasteiger partial charge on any atom is -0.396 e. The van der Waals surface area contributed by atoms with Gasteiger partial charge in [0.15, 0.2) is 0 Å². The monoisotopic (exact) mass is 259 g/mol. The van der Waals surface area contributed by atoms with Crippen LogP contribution in [0.25, 0.3) is 10.8 Å². The summed E-state index contributed by atoms with van der Waals surface area (Å²) < 4.78 is 0. The largest absolute Gasteiger partial charge is 0.396 e. The smallest absolute Gasteiger partial charge is 0.0914 e. The van der Waals surface area contributed by atoms with E-state index in [2.05, 4.69) is 17.4 Å². The number of hydrogen-bond acceptors (Lipinski definition) is 3. The lowest BCUT2D eigenvalue weighted by Crippen LogP contribution is -2.22. The van der Waals surface area contributed by atoms with Gasteiger partial charge in [-0.25, -0.2) is 0 Å².